The Bertz CT molecular complexity index is 905. The Morgan fingerprint density at radius 3 is 2.78 bits per heavy atom. The van der Waals surface area contributed by atoms with Crippen molar-refractivity contribution in [2.45, 2.75) is 51.5 Å². The minimum absolute atomic E-state index is 0.0859. The van der Waals surface area contributed by atoms with E-state index >= 15 is 0 Å². The van der Waals surface area contributed by atoms with Gasteiger partial charge in [0.1, 0.15) is 5.82 Å². The van der Waals surface area contributed by atoms with Gasteiger partial charge in [0.25, 0.3) is 0 Å². The number of benzene rings is 1. The average Bonchev–Trinajstić information content (AvgIpc) is 3.03. The van der Waals surface area contributed by atoms with E-state index in [1.165, 1.54) is 0 Å². The Kier molecular flexibility index (Phi) is 5.99. The first-order valence-electron chi connectivity index (χ1n) is 9.15. The van der Waals surface area contributed by atoms with Gasteiger partial charge in [0.05, 0.1) is 15.5 Å². The van der Waals surface area contributed by atoms with Gasteiger partial charge >= 0.3 is 0 Å². The molecule has 8 heteroatoms. The van der Waals surface area contributed by atoms with Crippen molar-refractivity contribution in [2.24, 2.45) is 0 Å². The largest absolute Gasteiger partial charge is 0.341 e. The lowest BCUT2D eigenvalue weighted by atomic mass is 9.82. The molecule has 1 atom stereocenters. The third kappa shape index (κ3) is 3.93. The number of aromatic nitrogens is 3. The highest BCUT2D eigenvalue weighted by Crippen LogP contribution is 2.34. The van der Waals surface area contributed by atoms with E-state index in [1.54, 1.807) is 12.1 Å². The summed E-state index contributed by atoms with van der Waals surface area (Å²) in [6.07, 6.45) is 1.94. The number of hydrogen-bond donors (Lipinski definition) is 1. The third-order valence-electron chi connectivity index (χ3n) is 5.35. The molecular formula is C19H24Cl2N4OS. The number of amides is 1. The molecular weight excluding hydrogens is 403 g/mol. The fourth-order valence-electron chi connectivity index (χ4n) is 3.72. The highest BCUT2D eigenvalue weighted by molar-refractivity contribution is 7.71. The summed E-state index contributed by atoms with van der Waals surface area (Å²) in [7, 11) is 0. The summed E-state index contributed by atoms with van der Waals surface area (Å²) in [5, 5.41) is 8.26. The summed E-state index contributed by atoms with van der Waals surface area (Å²) >= 11 is 17.5. The van der Waals surface area contributed by atoms with Crippen molar-refractivity contribution in [3.8, 4) is 0 Å². The van der Waals surface area contributed by atoms with E-state index in [1.807, 2.05) is 36.3 Å². The van der Waals surface area contributed by atoms with Crippen LogP contribution in [-0.4, -0.2) is 38.7 Å². The topological polar surface area (TPSA) is 53.9 Å². The predicted molar refractivity (Wildman–Crippen MR) is 111 cm³/mol. The number of aromatic amines is 1. The molecule has 0 radical (unpaired) electrons. The number of rotatable bonds is 4. The van der Waals surface area contributed by atoms with Crippen molar-refractivity contribution < 1.29 is 4.79 Å². The highest BCUT2D eigenvalue weighted by atomic mass is 35.5. The lowest BCUT2D eigenvalue weighted by Crippen LogP contribution is -2.47. The second kappa shape index (κ2) is 7.94. The van der Waals surface area contributed by atoms with Gasteiger partial charge in [-0.1, -0.05) is 29.3 Å². The van der Waals surface area contributed by atoms with Crippen LogP contribution in [0.5, 0.6) is 0 Å². The molecule has 1 saturated heterocycles. The van der Waals surface area contributed by atoms with Crippen molar-refractivity contribution in [3.63, 3.8) is 0 Å². The minimum Gasteiger partial charge on any atom is -0.341 e. The van der Waals surface area contributed by atoms with Crippen LogP contribution in [0.2, 0.25) is 10.0 Å². The van der Waals surface area contributed by atoms with Crippen molar-refractivity contribution in [3.05, 3.63) is 44.4 Å². The smallest absolute Gasteiger partial charge is 0.232 e. The van der Waals surface area contributed by atoms with Gasteiger partial charge in [0, 0.05) is 25.6 Å². The number of piperidine rings is 1. The van der Waals surface area contributed by atoms with Crippen LogP contribution in [0.25, 0.3) is 0 Å². The van der Waals surface area contributed by atoms with E-state index < -0.39 is 5.41 Å². The average molecular weight is 427 g/mol. The molecule has 0 aliphatic carbocycles. The minimum atomic E-state index is -0.689. The van der Waals surface area contributed by atoms with E-state index in [9.17, 15) is 4.79 Å². The summed E-state index contributed by atoms with van der Waals surface area (Å²) in [4.78, 5) is 15.3. The fraction of sp³-hybridized carbons (Fsp3) is 0.526. The molecule has 0 bridgehead atoms. The molecule has 2 heterocycles. The molecule has 0 saturated carbocycles. The number of carbonyl (C=O) groups excluding carboxylic acids is 1. The molecule has 3 rings (SSSR count). The number of carbonyl (C=O) groups is 1. The molecule has 1 aromatic heterocycles. The molecule has 1 aromatic carbocycles. The molecule has 1 fully saturated rings. The Labute approximate surface area is 174 Å². The predicted octanol–water partition coefficient (Wildman–Crippen LogP) is 4.95. The van der Waals surface area contributed by atoms with Crippen molar-refractivity contribution in [1.29, 1.82) is 0 Å². The summed E-state index contributed by atoms with van der Waals surface area (Å²) in [5.74, 6) is 1.20. The van der Waals surface area contributed by atoms with Crippen LogP contribution in [0.1, 0.15) is 50.9 Å². The van der Waals surface area contributed by atoms with E-state index in [-0.39, 0.29) is 11.8 Å². The highest BCUT2D eigenvalue weighted by Gasteiger charge is 2.37. The quantitative estimate of drug-likeness (QED) is 0.703. The lowest BCUT2D eigenvalue weighted by molar-refractivity contribution is -0.137. The van der Waals surface area contributed by atoms with Gasteiger partial charge in [-0.3, -0.25) is 9.89 Å². The summed E-state index contributed by atoms with van der Waals surface area (Å²) < 4.78 is 2.64. The molecule has 0 spiro atoms. The zero-order chi connectivity index (χ0) is 19.8. The summed E-state index contributed by atoms with van der Waals surface area (Å²) in [5.41, 5.74) is 0.172. The monoisotopic (exact) mass is 426 g/mol. The first-order valence-corrected chi connectivity index (χ1v) is 10.3. The Balaban J connectivity index is 1.83. The molecule has 1 unspecified atom stereocenters. The normalized spacial score (nSPS) is 18.0. The van der Waals surface area contributed by atoms with Gasteiger partial charge in [0.2, 0.25) is 5.91 Å². The number of nitrogens with one attached hydrogen (secondary N) is 1. The van der Waals surface area contributed by atoms with Crippen LogP contribution < -0.4 is 0 Å². The Morgan fingerprint density at radius 1 is 1.37 bits per heavy atom. The number of halogens is 2. The maximum absolute atomic E-state index is 13.3. The second-order valence-corrected chi connectivity index (χ2v) is 8.68. The van der Waals surface area contributed by atoms with Crippen LogP contribution in [0.15, 0.2) is 18.2 Å². The Hall–Kier alpha value is -1.37. The summed E-state index contributed by atoms with van der Waals surface area (Å²) in [6, 6.07) is 5.40. The van der Waals surface area contributed by atoms with E-state index in [4.69, 9.17) is 35.4 Å². The van der Waals surface area contributed by atoms with E-state index in [0.717, 1.165) is 37.3 Å². The van der Waals surface area contributed by atoms with Crippen LogP contribution >= 0.6 is 35.4 Å². The SMILES string of the molecule is CCn1c(C2CCCN(C(=O)C(C)(C)c3ccc(Cl)c(Cl)c3)C2)n[nH]c1=S. The lowest BCUT2D eigenvalue weighted by Gasteiger charge is -2.37. The van der Waals surface area contributed by atoms with E-state index in [0.29, 0.717) is 21.4 Å². The first kappa shape index (κ1) is 20.4. The number of nitrogens with zero attached hydrogens (tertiary/aromatic N) is 3. The number of H-pyrrole nitrogens is 1. The van der Waals surface area contributed by atoms with E-state index in [2.05, 4.69) is 10.2 Å². The second-order valence-electron chi connectivity index (χ2n) is 7.48. The molecule has 1 N–H and O–H groups in total. The van der Waals surface area contributed by atoms with Gasteiger partial charge in [-0.15, -0.1) is 0 Å². The van der Waals surface area contributed by atoms with Crippen LogP contribution in [0.3, 0.4) is 0 Å². The molecule has 1 aliphatic heterocycles. The maximum atomic E-state index is 13.3. The van der Waals surface area contributed by atoms with Gasteiger partial charge in [-0.05, 0) is 63.5 Å². The molecule has 146 valence electrons. The van der Waals surface area contributed by atoms with Gasteiger partial charge in [0.15, 0.2) is 4.77 Å². The molecule has 1 aliphatic rings. The van der Waals surface area contributed by atoms with Crippen molar-refractivity contribution in [1.82, 2.24) is 19.7 Å². The van der Waals surface area contributed by atoms with Crippen LogP contribution in [0, 0.1) is 4.77 Å². The fourth-order valence-corrected chi connectivity index (χ4v) is 4.29. The number of likely N-dealkylation sites (tertiary alicyclic amines) is 1. The van der Waals surface area contributed by atoms with Crippen LogP contribution in [0.4, 0.5) is 0 Å². The van der Waals surface area contributed by atoms with Crippen LogP contribution in [-0.2, 0) is 16.8 Å². The molecule has 27 heavy (non-hydrogen) atoms. The molecule has 5 nitrogen and oxygen atoms in total. The first-order chi connectivity index (χ1) is 12.8. The maximum Gasteiger partial charge on any atom is 0.232 e. The third-order valence-corrected chi connectivity index (χ3v) is 6.40. The zero-order valence-electron chi connectivity index (χ0n) is 15.8. The summed E-state index contributed by atoms with van der Waals surface area (Å²) in [6.45, 7) is 8.07. The molecule has 2 aromatic rings. The zero-order valence-corrected chi connectivity index (χ0v) is 18.1. The molecule has 1 amide bonds. The van der Waals surface area contributed by atoms with Gasteiger partial charge in [-0.2, -0.15) is 5.10 Å². The number of hydrogen-bond acceptors (Lipinski definition) is 3. The van der Waals surface area contributed by atoms with Crippen molar-refractivity contribution >= 4 is 41.3 Å². The van der Waals surface area contributed by atoms with Crippen molar-refractivity contribution in [2.75, 3.05) is 13.1 Å². The standard InChI is InChI=1S/C19H24Cl2N4OS/c1-4-25-16(22-23-18(25)27)12-6-5-9-24(11-12)17(26)19(2,3)13-7-8-14(20)15(21)10-13/h7-8,10,12H,4-6,9,11H2,1-3H3,(H,23,27). The Morgan fingerprint density at radius 2 is 2.11 bits per heavy atom. The van der Waals surface area contributed by atoms with Gasteiger partial charge < -0.3 is 9.47 Å². The van der Waals surface area contributed by atoms with Gasteiger partial charge in [-0.25, -0.2) is 0 Å².